The summed E-state index contributed by atoms with van der Waals surface area (Å²) in [5, 5.41) is 7.80. The molecule has 2 N–H and O–H groups in total. The average molecular weight is 411 g/mol. The molecular formula is C21H21N3O4S. The summed E-state index contributed by atoms with van der Waals surface area (Å²) in [5.41, 5.74) is 2.36. The Kier molecular flexibility index (Phi) is 7.32. The van der Waals surface area contributed by atoms with Crippen molar-refractivity contribution in [1.29, 1.82) is 0 Å². The van der Waals surface area contributed by atoms with Gasteiger partial charge in [0.25, 0.3) is 5.91 Å². The molecule has 150 valence electrons. The van der Waals surface area contributed by atoms with E-state index >= 15 is 0 Å². The summed E-state index contributed by atoms with van der Waals surface area (Å²) < 4.78 is 10.8. The third-order valence-corrected chi connectivity index (χ3v) is 4.48. The monoisotopic (exact) mass is 411 g/mol. The number of para-hydroxylation sites is 1. The van der Waals surface area contributed by atoms with Gasteiger partial charge in [-0.15, -0.1) is 11.3 Å². The first-order chi connectivity index (χ1) is 14.1. The second-order valence-corrected chi connectivity index (χ2v) is 6.92. The number of anilines is 2. The molecule has 1 aromatic heterocycles. The Labute approximate surface area is 172 Å². The maximum atomic E-state index is 12.0. The van der Waals surface area contributed by atoms with Gasteiger partial charge in [0, 0.05) is 23.6 Å². The SMILES string of the molecule is CC(=O)Nc1ccc(-c2csc(NC(=O)COCCOc3ccccc3)n2)cc1. The normalized spacial score (nSPS) is 10.4. The zero-order chi connectivity index (χ0) is 20.5. The number of rotatable bonds is 9. The molecule has 0 fully saturated rings. The average Bonchev–Trinajstić information content (AvgIpc) is 3.17. The van der Waals surface area contributed by atoms with E-state index in [0.717, 1.165) is 22.7 Å². The van der Waals surface area contributed by atoms with Crippen LogP contribution in [0.2, 0.25) is 0 Å². The Morgan fingerprint density at radius 3 is 2.48 bits per heavy atom. The standard InChI is InChI=1S/C21H21N3O4S/c1-15(25)22-17-9-7-16(8-10-17)19-14-29-21(23-19)24-20(26)13-27-11-12-28-18-5-3-2-4-6-18/h2-10,14H,11-13H2,1H3,(H,22,25)(H,23,24,26). The van der Waals surface area contributed by atoms with E-state index in [-0.39, 0.29) is 18.4 Å². The van der Waals surface area contributed by atoms with Crippen LogP contribution in [0.3, 0.4) is 0 Å². The molecule has 0 aliphatic heterocycles. The van der Waals surface area contributed by atoms with Gasteiger partial charge in [-0.05, 0) is 24.3 Å². The van der Waals surface area contributed by atoms with Crippen molar-refractivity contribution in [2.24, 2.45) is 0 Å². The van der Waals surface area contributed by atoms with Gasteiger partial charge in [-0.25, -0.2) is 4.98 Å². The molecule has 3 rings (SSSR count). The molecule has 0 aliphatic rings. The highest BCUT2D eigenvalue weighted by molar-refractivity contribution is 7.14. The Morgan fingerprint density at radius 2 is 1.76 bits per heavy atom. The van der Waals surface area contributed by atoms with Crippen molar-refractivity contribution >= 4 is 34.0 Å². The Hall–Kier alpha value is -3.23. The van der Waals surface area contributed by atoms with Crippen molar-refractivity contribution < 1.29 is 19.1 Å². The molecule has 2 amide bonds. The van der Waals surface area contributed by atoms with E-state index in [0.29, 0.717) is 18.3 Å². The first-order valence-corrected chi connectivity index (χ1v) is 9.87. The predicted molar refractivity (Wildman–Crippen MR) is 113 cm³/mol. The van der Waals surface area contributed by atoms with E-state index in [1.807, 2.05) is 47.8 Å². The fourth-order valence-electron chi connectivity index (χ4n) is 2.45. The van der Waals surface area contributed by atoms with E-state index < -0.39 is 0 Å². The first kappa shape index (κ1) is 20.5. The number of thiazole rings is 1. The van der Waals surface area contributed by atoms with Crippen LogP contribution in [0.1, 0.15) is 6.92 Å². The van der Waals surface area contributed by atoms with Gasteiger partial charge in [0.15, 0.2) is 5.13 Å². The fourth-order valence-corrected chi connectivity index (χ4v) is 3.18. The number of aromatic nitrogens is 1. The smallest absolute Gasteiger partial charge is 0.252 e. The Balaban J connectivity index is 1.41. The molecule has 7 nitrogen and oxygen atoms in total. The molecule has 0 saturated heterocycles. The molecule has 0 aliphatic carbocycles. The number of hydrogen-bond acceptors (Lipinski definition) is 6. The van der Waals surface area contributed by atoms with Crippen LogP contribution in [0, 0.1) is 0 Å². The van der Waals surface area contributed by atoms with E-state index in [1.54, 1.807) is 12.1 Å². The number of ether oxygens (including phenoxy) is 2. The molecule has 0 radical (unpaired) electrons. The lowest BCUT2D eigenvalue weighted by molar-refractivity contribution is -0.120. The second kappa shape index (κ2) is 10.4. The van der Waals surface area contributed by atoms with Crippen LogP contribution in [0.15, 0.2) is 60.0 Å². The van der Waals surface area contributed by atoms with Gasteiger partial charge in [0.1, 0.15) is 19.0 Å². The minimum Gasteiger partial charge on any atom is -0.491 e. The lowest BCUT2D eigenvalue weighted by atomic mass is 10.1. The first-order valence-electron chi connectivity index (χ1n) is 8.99. The molecule has 2 aromatic carbocycles. The Bertz CT molecular complexity index is 942. The van der Waals surface area contributed by atoms with Crippen molar-refractivity contribution in [3.05, 3.63) is 60.0 Å². The lowest BCUT2D eigenvalue weighted by Gasteiger charge is -2.06. The van der Waals surface area contributed by atoms with Gasteiger partial charge in [-0.1, -0.05) is 30.3 Å². The van der Waals surface area contributed by atoms with E-state index in [2.05, 4.69) is 15.6 Å². The van der Waals surface area contributed by atoms with Crippen molar-refractivity contribution in [2.45, 2.75) is 6.92 Å². The number of nitrogens with one attached hydrogen (secondary N) is 2. The third-order valence-electron chi connectivity index (χ3n) is 3.72. The molecular weight excluding hydrogens is 390 g/mol. The van der Waals surface area contributed by atoms with Crippen molar-refractivity contribution in [1.82, 2.24) is 4.98 Å². The molecule has 0 saturated carbocycles. The molecule has 8 heteroatoms. The summed E-state index contributed by atoms with van der Waals surface area (Å²) in [6, 6.07) is 16.8. The highest BCUT2D eigenvalue weighted by Gasteiger charge is 2.09. The van der Waals surface area contributed by atoms with Gasteiger partial charge in [-0.2, -0.15) is 0 Å². The Morgan fingerprint density at radius 1 is 1.00 bits per heavy atom. The number of nitrogens with zero attached hydrogens (tertiary/aromatic N) is 1. The van der Waals surface area contributed by atoms with Crippen LogP contribution in [-0.4, -0.2) is 36.6 Å². The summed E-state index contributed by atoms with van der Waals surface area (Å²) in [6.45, 7) is 2.07. The largest absolute Gasteiger partial charge is 0.491 e. The summed E-state index contributed by atoms with van der Waals surface area (Å²) in [4.78, 5) is 27.5. The molecule has 0 atom stereocenters. The molecule has 1 heterocycles. The number of benzene rings is 2. The topological polar surface area (TPSA) is 89.6 Å². The number of hydrogen-bond donors (Lipinski definition) is 2. The summed E-state index contributed by atoms with van der Waals surface area (Å²) in [6.07, 6.45) is 0. The van der Waals surface area contributed by atoms with Gasteiger partial charge >= 0.3 is 0 Å². The highest BCUT2D eigenvalue weighted by Crippen LogP contribution is 2.26. The van der Waals surface area contributed by atoms with Crippen molar-refractivity contribution in [2.75, 3.05) is 30.5 Å². The van der Waals surface area contributed by atoms with Gasteiger partial charge in [-0.3, -0.25) is 14.9 Å². The zero-order valence-electron chi connectivity index (χ0n) is 15.9. The third kappa shape index (κ3) is 6.70. The molecule has 0 bridgehead atoms. The van der Waals surface area contributed by atoms with Crippen LogP contribution < -0.4 is 15.4 Å². The van der Waals surface area contributed by atoms with E-state index in [1.165, 1.54) is 18.3 Å². The lowest BCUT2D eigenvalue weighted by Crippen LogP contribution is -2.20. The maximum Gasteiger partial charge on any atom is 0.252 e. The van der Waals surface area contributed by atoms with Crippen LogP contribution in [-0.2, 0) is 14.3 Å². The fraction of sp³-hybridized carbons (Fsp3) is 0.190. The minimum absolute atomic E-state index is 0.0710. The predicted octanol–water partition coefficient (Wildman–Crippen LogP) is 3.80. The van der Waals surface area contributed by atoms with Gasteiger partial charge in [0.2, 0.25) is 5.91 Å². The van der Waals surface area contributed by atoms with Crippen LogP contribution in [0.5, 0.6) is 5.75 Å². The number of amides is 2. The molecule has 3 aromatic rings. The molecule has 0 unspecified atom stereocenters. The van der Waals surface area contributed by atoms with Crippen LogP contribution in [0.25, 0.3) is 11.3 Å². The van der Waals surface area contributed by atoms with Crippen molar-refractivity contribution in [3.63, 3.8) is 0 Å². The number of carbonyl (C=O) groups is 2. The minimum atomic E-state index is -0.272. The van der Waals surface area contributed by atoms with Crippen LogP contribution in [0.4, 0.5) is 10.8 Å². The molecule has 29 heavy (non-hydrogen) atoms. The van der Waals surface area contributed by atoms with E-state index in [4.69, 9.17) is 9.47 Å². The number of carbonyl (C=O) groups excluding carboxylic acids is 2. The quantitative estimate of drug-likeness (QED) is 0.523. The van der Waals surface area contributed by atoms with E-state index in [9.17, 15) is 9.59 Å². The summed E-state index contributed by atoms with van der Waals surface area (Å²) in [7, 11) is 0. The van der Waals surface area contributed by atoms with Crippen LogP contribution >= 0.6 is 11.3 Å². The van der Waals surface area contributed by atoms with Gasteiger partial charge in [0.05, 0.1) is 12.3 Å². The van der Waals surface area contributed by atoms with Gasteiger partial charge < -0.3 is 14.8 Å². The highest BCUT2D eigenvalue weighted by atomic mass is 32.1. The van der Waals surface area contributed by atoms with Crippen molar-refractivity contribution in [3.8, 4) is 17.0 Å². The summed E-state index contributed by atoms with van der Waals surface area (Å²) in [5.74, 6) is 0.373. The molecule has 0 spiro atoms. The second-order valence-electron chi connectivity index (χ2n) is 6.06. The zero-order valence-corrected chi connectivity index (χ0v) is 16.7. The summed E-state index contributed by atoms with van der Waals surface area (Å²) >= 11 is 1.34. The maximum absolute atomic E-state index is 12.0.